The number of rotatable bonds is 6. The number of nitrogens with zero attached hydrogens (tertiary/aromatic N) is 2. The standard InChI is InChI=1S/C14H17FN4OS.HI/c1-16-14(18-10-11-6-8-20-19-11)17-7-9-21-13-5-3-2-4-12(13)15;/h2-6,8H,7,9-10H2,1H3,(H2,16,17,18);1H. The van der Waals surface area contributed by atoms with Gasteiger partial charge in [0, 0.05) is 30.3 Å². The fraction of sp³-hybridized carbons (Fsp3) is 0.286. The summed E-state index contributed by atoms with van der Waals surface area (Å²) in [5, 5.41) is 10.1. The molecule has 8 heteroatoms. The number of aromatic nitrogens is 1. The molecule has 1 aromatic carbocycles. The molecule has 2 N–H and O–H groups in total. The van der Waals surface area contributed by atoms with Crippen LogP contribution in [0.25, 0.3) is 0 Å². The van der Waals surface area contributed by atoms with E-state index < -0.39 is 0 Å². The second kappa shape index (κ2) is 10.4. The number of guanidine groups is 1. The molecule has 1 aromatic heterocycles. The van der Waals surface area contributed by atoms with Crippen molar-refractivity contribution in [3.8, 4) is 0 Å². The van der Waals surface area contributed by atoms with Crippen LogP contribution in [-0.2, 0) is 6.54 Å². The van der Waals surface area contributed by atoms with Crippen molar-refractivity contribution in [2.24, 2.45) is 4.99 Å². The van der Waals surface area contributed by atoms with Crippen molar-refractivity contribution in [2.75, 3.05) is 19.3 Å². The van der Waals surface area contributed by atoms with E-state index in [1.165, 1.54) is 24.1 Å². The average Bonchev–Trinajstić information content (AvgIpc) is 3.01. The minimum atomic E-state index is -0.184. The molecule has 2 rings (SSSR count). The molecule has 1 heterocycles. The van der Waals surface area contributed by atoms with E-state index in [1.807, 2.05) is 6.07 Å². The monoisotopic (exact) mass is 436 g/mol. The third-order valence-corrected chi connectivity index (χ3v) is 3.69. The maximum atomic E-state index is 13.4. The molecule has 0 saturated heterocycles. The first-order chi connectivity index (χ1) is 10.3. The zero-order valence-electron chi connectivity index (χ0n) is 12.1. The normalized spacial score (nSPS) is 10.9. The highest BCUT2D eigenvalue weighted by molar-refractivity contribution is 14.0. The Kier molecular flexibility index (Phi) is 8.90. The van der Waals surface area contributed by atoms with Gasteiger partial charge in [-0.15, -0.1) is 35.7 Å². The quantitative estimate of drug-likeness (QED) is 0.240. The van der Waals surface area contributed by atoms with Gasteiger partial charge in [-0.1, -0.05) is 17.3 Å². The second-order valence-corrected chi connectivity index (χ2v) is 5.26. The number of halogens is 2. The van der Waals surface area contributed by atoms with E-state index in [1.54, 1.807) is 25.2 Å². The first-order valence-corrected chi connectivity index (χ1v) is 7.49. The van der Waals surface area contributed by atoms with E-state index in [4.69, 9.17) is 4.52 Å². The summed E-state index contributed by atoms with van der Waals surface area (Å²) in [6.45, 7) is 1.22. The molecular formula is C14H18FIN4OS. The number of benzene rings is 1. The number of nitrogens with one attached hydrogen (secondary N) is 2. The number of aliphatic imine (C=N–C) groups is 1. The van der Waals surface area contributed by atoms with Crippen molar-refractivity contribution in [3.05, 3.63) is 48.1 Å². The molecular weight excluding hydrogens is 418 g/mol. The van der Waals surface area contributed by atoms with Crippen LogP contribution in [0.3, 0.4) is 0 Å². The van der Waals surface area contributed by atoms with Crippen LogP contribution < -0.4 is 10.6 Å². The van der Waals surface area contributed by atoms with Crippen LogP contribution >= 0.6 is 35.7 Å². The summed E-state index contributed by atoms with van der Waals surface area (Å²) in [5.74, 6) is 1.23. The molecule has 0 bridgehead atoms. The lowest BCUT2D eigenvalue weighted by Gasteiger charge is -2.10. The molecule has 0 atom stereocenters. The van der Waals surface area contributed by atoms with Gasteiger partial charge in [-0.25, -0.2) is 4.39 Å². The third kappa shape index (κ3) is 6.22. The lowest BCUT2D eigenvalue weighted by atomic mass is 10.3. The molecule has 0 fully saturated rings. The number of hydrogen-bond acceptors (Lipinski definition) is 4. The Balaban J connectivity index is 0.00000242. The summed E-state index contributed by atoms with van der Waals surface area (Å²) >= 11 is 1.47. The molecule has 5 nitrogen and oxygen atoms in total. The summed E-state index contributed by atoms with van der Waals surface area (Å²) in [5.41, 5.74) is 0.804. The second-order valence-electron chi connectivity index (χ2n) is 4.12. The van der Waals surface area contributed by atoms with Gasteiger partial charge in [0.05, 0.1) is 6.54 Å². The highest BCUT2D eigenvalue weighted by Gasteiger charge is 2.02. The molecule has 0 aliphatic carbocycles. The molecule has 0 aliphatic heterocycles. The van der Waals surface area contributed by atoms with Crippen LogP contribution in [0, 0.1) is 5.82 Å². The summed E-state index contributed by atoms with van der Waals surface area (Å²) in [6, 6.07) is 8.55. The SMILES string of the molecule is CN=C(NCCSc1ccccc1F)NCc1ccon1.I. The molecule has 0 spiro atoms. The van der Waals surface area contributed by atoms with Crippen molar-refractivity contribution < 1.29 is 8.91 Å². The molecule has 2 aromatic rings. The zero-order valence-corrected chi connectivity index (χ0v) is 15.2. The molecule has 120 valence electrons. The largest absolute Gasteiger partial charge is 0.364 e. The Labute approximate surface area is 150 Å². The molecule has 0 unspecified atom stereocenters. The van der Waals surface area contributed by atoms with E-state index >= 15 is 0 Å². The first kappa shape index (κ1) is 18.8. The van der Waals surface area contributed by atoms with Gasteiger partial charge in [-0.05, 0) is 12.1 Å². The Hall–Kier alpha value is -1.29. The lowest BCUT2D eigenvalue weighted by molar-refractivity contribution is 0.410. The minimum absolute atomic E-state index is 0. The predicted octanol–water partition coefficient (Wildman–Crippen LogP) is 2.89. The summed E-state index contributed by atoms with van der Waals surface area (Å²) in [4.78, 5) is 4.76. The fourth-order valence-electron chi connectivity index (χ4n) is 1.62. The maximum Gasteiger partial charge on any atom is 0.191 e. The number of thioether (sulfide) groups is 1. The van der Waals surface area contributed by atoms with E-state index in [0.717, 1.165) is 11.4 Å². The highest BCUT2D eigenvalue weighted by atomic mass is 127. The number of hydrogen-bond donors (Lipinski definition) is 2. The predicted molar refractivity (Wildman–Crippen MR) is 97.2 cm³/mol. The third-order valence-electron chi connectivity index (χ3n) is 2.64. The smallest absolute Gasteiger partial charge is 0.191 e. The molecule has 0 aliphatic rings. The topological polar surface area (TPSA) is 62.5 Å². The van der Waals surface area contributed by atoms with Crippen LogP contribution in [-0.4, -0.2) is 30.5 Å². The Morgan fingerprint density at radius 3 is 2.82 bits per heavy atom. The minimum Gasteiger partial charge on any atom is -0.364 e. The average molecular weight is 436 g/mol. The van der Waals surface area contributed by atoms with Crippen LogP contribution in [0.5, 0.6) is 0 Å². The van der Waals surface area contributed by atoms with E-state index in [0.29, 0.717) is 23.9 Å². The van der Waals surface area contributed by atoms with Crippen LogP contribution in [0.15, 0.2) is 51.0 Å². The van der Waals surface area contributed by atoms with Gasteiger partial charge < -0.3 is 15.2 Å². The van der Waals surface area contributed by atoms with Gasteiger partial charge in [0.1, 0.15) is 17.8 Å². The van der Waals surface area contributed by atoms with Crippen LogP contribution in [0.2, 0.25) is 0 Å². The van der Waals surface area contributed by atoms with Crippen LogP contribution in [0.1, 0.15) is 5.69 Å². The van der Waals surface area contributed by atoms with Gasteiger partial charge in [0.15, 0.2) is 5.96 Å². The highest BCUT2D eigenvalue weighted by Crippen LogP contribution is 2.20. The van der Waals surface area contributed by atoms with Gasteiger partial charge in [-0.2, -0.15) is 0 Å². The zero-order chi connectivity index (χ0) is 14.9. The van der Waals surface area contributed by atoms with Gasteiger partial charge in [0.2, 0.25) is 0 Å². The fourth-order valence-corrected chi connectivity index (χ4v) is 2.42. The summed E-state index contributed by atoms with van der Waals surface area (Å²) < 4.78 is 18.2. The lowest BCUT2D eigenvalue weighted by Crippen LogP contribution is -2.38. The maximum absolute atomic E-state index is 13.4. The Bertz CT molecular complexity index is 580. The molecule has 22 heavy (non-hydrogen) atoms. The van der Waals surface area contributed by atoms with E-state index in [2.05, 4.69) is 20.8 Å². The first-order valence-electron chi connectivity index (χ1n) is 6.50. The van der Waals surface area contributed by atoms with E-state index in [-0.39, 0.29) is 29.8 Å². The van der Waals surface area contributed by atoms with Crippen molar-refractivity contribution >= 4 is 41.7 Å². The Morgan fingerprint density at radius 2 is 2.14 bits per heavy atom. The summed E-state index contributed by atoms with van der Waals surface area (Å²) in [6.07, 6.45) is 1.53. The van der Waals surface area contributed by atoms with Crippen molar-refractivity contribution in [2.45, 2.75) is 11.4 Å². The van der Waals surface area contributed by atoms with Crippen molar-refractivity contribution in [1.29, 1.82) is 0 Å². The Morgan fingerprint density at radius 1 is 1.32 bits per heavy atom. The van der Waals surface area contributed by atoms with E-state index in [9.17, 15) is 4.39 Å². The van der Waals surface area contributed by atoms with Gasteiger partial charge >= 0.3 is 0 Å². The van der Waals surface area contributed by atoms with Crippen LogP contribution in [0.4, 0.5) is 4.39 Å². The molecule has 0 radical (unpaired) electrons. The molecule has 0 saturated carbocycles. The van der Waals surface area contributed by atoms with Gasteiger partial charge in [-0.3, -0.25) is 4.99 Å². The summed E-state index contributed by atoms with van der Waals surface area (Å²) in [7, 11) is 1.70. The molecule has 0 amide bonds. The van der Waals surface area contributed by atoms with Crippen molar-refractivity contribution in [1.82, 2.24) is 15.8 Å². The van der Waals surface area contributed by atoms with Gasteiger partial charge in [0.25, 0.3) is 0 Å². The van der Waals surface area contributed by atoms with Crippen molar-refractivity contribution in [3.63, 3.8) is 0 Å².